The molecule has 2 heterocycles. The van der Waals surface area contributed by atoms with Crippen LogP contribution in [-0.4, -0.2) is 38.9 Å². The molecule has 202 valence electrons. The van der Waals surface area contributed by atoms with Crippen LogP contribution in [-0.2, 0) is 6.18 Å². The summed E-state index contributed by atoms with van der Waals surface area (Å²) in [6.45, 7) is 14.0. The van der Waals surface area contributed by atoms with E-state index in [0.717, 1.165) is 59.9 Å². The van der Waals surface area contributed by atoms with E-state index in [2.05, 4.69) is 42.7 Å². The van der Waals surface area contributed by atoms with Crippen LogP contribution >= 0.6 is 0 Å². The number of rotatable bonds is 4. The molecule has 1 atom stereocenters. The molecular weight excluding hydrogens is 489 g/mol. The molecule has 3 aromatic carbocycles. The summed E-state index contributed by atoms with van der Waals surface area (Å²) in [4.78, 5) is 4.84. The van der Waals surface area contributed by atoms with Crippen LogP contribution in [0.5, 0.6) is 11.5 Å². The first kappa shape index (κ1) is 26.3. The lowest BCUT2D eigenvalue weighted by Crippen LogP contribution is -2.47. The van der Waals surface area contributed by atoms with Crippen LogP contribution in [0.15, 0.2) is 48.5 Å². The molecule has 5 rings (SSSR count). The quantitative estimate of drug-likeness (QED) is 0.358. The first-order valence-electron chi connectivity index (χ1n) is 13.1. The monoisotopic (exact) mass is 524 g/mol. The SMILES string of the molecule is COc1ccc(N2CCN(c3c(C)c(C)c4c(c3C)C(c3ccc(C(F)(F)F)cc3)C(C)(C)O4)CC2)cc1. The third-order valence-electron chi connectivity index (χ3n) is 8.22. The van der Waals surface area contributed by atoms with Crippen LogP contribution < -0.4 is 19.3 Å². The number of anilines is 2. The summed E-state index contributed by atoms with van der Waals surface area (Å²) >= 11 is 0. The number of benzene rings is 3. The number of hydrogen-bond donors (Lipinski definition) is 0. The molecule has 7 heteroatoms. The second kappa shape index (κ2) is 9.44. The van der Waals surface area contributed by atoms with E-state index in [0.29, 0.717) is 0 Å². The van der Waals surface area contributed by atoms with Crippen molar-refractivity contribution in [2.24, 2.45) is 0 Å². The summed E-state index contributed by atoms with van der Waals surface area (Å²) < 4.78 is 51.5. The van der Waals surface area contributed by atoms with Crippen LogP contribution in [0.3, 0.4) is 0 Å². The molecule has 0 bridgehead atoms. The van der Waals surface area contributed by atoms with E-state index in [1.807, 2.05) is 26.0 Å². The predicted octanol–water partition coefficient (Wildman–Crippen LogP) is 7.27. The minimum atomic E-state index is -4.36. The topological polar surface area (TPSA) is 24.9 Å². The van der Waals surface area contributed by atoms with Crippen molar-refractivity contribution in [3.63, 3.8) is 0 Å². The summed E-state index contributed by atoms with van der Waals surface area (Å²) in [5, 5.41) is 0. The van der Waals surface area contributed by atoms with Crippen molar-refractivity contribution in [1.82, 2.24) is 0 Å². The Morgan fingerprint density at radius 3 is 1.95 bits per heavy atom. The van der Waals surface area contributed by atoms with Crippen molar-refractivity contribution in [2.45, 2.75) is 52.3 Å². The smallest absolute Gasteiger partial charge is 0.416 e. The molecule has 1 unspecified atom stereocenters. The molecule has 0 N–H and O–H groups in total. The van der Waals surface area contributed by atoms with E-state index in [1.54, 1.807) is 19.2 Å². The molecule has 0 aliphatic carbocycles. The molecule has 0 saturated carbocycles. The summed E-state index contributed by atoms with van der Waals surface area (Å²) in [6.07, 6.45) is -4.36. The van der Waals surface area contributed by atoms with Gasteiger partial charge in [-0.1, -0.05) is 12.1 Å². The molecule has 0 aromatic heterocycles. The molecule has 3 aromatic rings. The standard InChI is InChI=1S/C31H35F3N2O2/c1-19-20(2)29-26(27(30(4,5)38-29)22-7-9-23(10-8-22)31(32,33)34)21(3)28(19)36-17-15-35(16-18-36)24-11-13-25(37-6)14-12-24/h7-14,27H,15-18H2,1-6H3. The Labute approximate surface area is 223 Å². The zero-order valence-electron chi connectivity index (χ0n) is 22.9. The fourth-order valence-corrected chi connectivity index (χ4v) is 6.17. The summed E-state index contributed by atoms with van der Waals surface area (Å²) in [5.74, 6) is 1.55. The van der Waals surface area contributed by atoms with Crippen LogP contribution in [0.25, 0.3) is 0 Å². The number of hydrogen-bond acceptors (Lipinski definition) is 4. The summed E-state index contributed by atoms with van der Waals surface area (Å²) in [6, 6.07) is 13.7. The Balaban J connectivity index is 1.48. The third-order valence-corrected chi connectivity index (χ3v) is 8.22. The lowest BCUT2D eigenvalue weighted by Gasteiger charge is -2.39. The normalized spacial score (nSPS) is 18.8. The molecule has 1 saturated heterocycles. The maximum absolute atomic E-state index is 13.2. The molecule has 0 radical (unpaired) electrons. The van der Waals surface area contributed by atoms with Crippen molar-refractivity contribution in [3.05, 3.63) is 81.9 Å². The van der Waals surface area contributed by atoms with E-state index in [1.165, 1.54) is 29.1 Å². The van der Waals surface area contributed by atoms with Crippen LogP contribution in [0.2, 0.25) is 0 Å². The highest BCUT2D eigenvalue weighted by Gasteiger charge is 2.45. The fraction of sp³-hybridized carbons (Fsp3) is 0.419. The molecule has 1 fully saturated rings. The number of methoxy groups -OCH3 is 1. The lowest BCUT2D eigenvalue weighted by molar-refractivity contribution is -0.137. The first-order valence-corrected chi connectivity index (χ1v) is 13.1. The van der Waals surface area contributed by atoms with Gasteiger partial charge in [-0.25, -0.2) is 0 Å². The van der Waals surface area contributed by atoms with Crippen LogP contribution in [0.4, 0.5) is 24.5 Å². The predicted molar refractivity (Wildman–Crippen MR) is 146 cm³/mol. The second-order valence-electron chi connectivity index (χ2n) is 10.9. The number of piperazine rings is 1. The van der Waals surface area contributed by atoms with Gasteiger partial charge < -0.3 is 19.3 Å². The van der Waals surface area contributed by atoms with Crippen molar-refractivity contribution < 1.29 is 22.6 Å². The van der Waals surface area contributed by atoms with Crippen molar-refractivity contribution in [2.75, 3.05) is 43.1 Å². The zero-order chi connectivity index (χ0) is 27.4. The van der Waals surface area contributed by atoms with Gasteiger partial charge in [-0.15, -0.1) is 0 Å². The van der Waals surface area contributed by atoms with Crippen LogP contribution in [0, 0.1) is 20.8 Å². The van der Waals surface area contributed by atoms with E-state index < -0.39 is 17.3 Å². The van der Waals surface area contributed by atoms with Gasteiger partial charge in [0.25, 0.3) is 0 Å². The van der Waals surface area contributed by atoms with Gasteiger partial charge in [0, 0.05) is 43.1 Å². The van der Waals surface area contributed by atoms with E-state index in [4.69, 9.17) is 9.47 Å². The van der Waals surface area contributed by atoms with Gasteiger partial charge in [0.1, 0.15) is 17.1 Å². The van der Waals surface area contributed by atoms with Gasteiger partial charge in [0.2, 0.25) is 0 Å². The van der Waals surface area contributed by atoms with Gasteiger partial charge in [0.15, 0.2) is 0 Å². The number of ether oxygens (including phenoxy) is 2. The molecule has 4 nitrogen and oxygen atoms in total. The number of halogens is 3. The van der Waals surface area contributed by atoms with Gasteiger partial charge in [-0.2, -0.15) is 13.2 Å². The molecule has 2 aliphatic heterocycles. The molecule has 0 spiro atoms. The Morgan fingerprint density at radius 2 is 1.39 bits per heavy atom. The van der Waals surface area contributed by atoms with Crippen molar-refractivity contribution in [1.29, 1.82) is 0 Å². The van der Waals surface area contributed by atoms with Crippen molar-refractivity contribution >= 4 is 11.4 Å². The minimum Gasteiger partial charge on any atom is -0.497 e. The first-order chi connectivity index (χ1) is 17.9. The average molecular weight is 525 g/mol. The van der Waals surface area contributed by atoms with Gasteiger partial charge in [0.05, 0.1) is 18.6 Å². The summed E-state index contributed by atoms with van der Waals surface area (Å²) in [7, 11) is 1.67. The number of fused-ring (bicyclic) bond motifs is 1. The molecule has 38 heavy (non-hydrogen) atoms. The highest BCUT2D eigenvalue weighted by Crippen LogP contribution is 2.54. The number of nitrogens with zero attached hydrogens (tertiary/aromatic N) is 2. The number of alkyl halides is 3. The Kier molecular flexibility index (Phi) is 6.52. The lowest BCUT2D eigenvalue weighted by atomic mass is 9.78. The van der Waals surface area contributed by atoms with E-state index in [-0.39, 0.29) is 5.92 Å². The van der Waals surface area contributed by atoms with Crippen molar-refractivity contribution in [3.8, 4) is 11.5 Å². The Hall–Kier alpha value is -3.35. The maximum atomic E-state index is 13.2. The van der Waals surface area contributed by atoms with Gasteiger partial charge >= 0.3 is 6.18 Å². The van der Waals surface area contributed by atoms with Gasteiger partial charge in [-0.3, -0.25) is 0 Å². The minimum absolute atomic E-state index is 0.168. The summed E-state index contributed by atoms with van der Waals surface area (Å²) in [5.41, 5.74) is 6.55. The highest BCUT2D eigenvalue weighted by molar-refractivity contribution is 5.72. The Bertz CT molecular complexity index is 1320. The largest absolute Gasteiger partial charge is 0.497 e. The second-order valence-corrected chi connectivity index (χ2v) is 10.9. The molecule has 0 amide bonds. The maximum Gasteiger partial charge on any atom is 0.416 e. The highest BCUT2D eigenvalue weighted by atomic mass is 19.4. The Morgan fingerprint density at radius 1 is 0.816 bits per heavy atom. The fourth-order valence-electron chi connectivity index (χ4n) is 6.17. The molecule has 2 aliphatic rings. The van der Waals surface area contributed by atoms with E-state index in [9.17, 15) is 13.2 Å². The van der Waals surface area contributed by atoms with E-state index >= 15 is 0 Å². The van der Waals surface area contributed by atoms with Gasteiger partial charge in [-0.05, 0) is 93.3 Å². The third kappa shape index (κ3) is 4.46. The van der Waals surface area contributed by atoms with Crippen LogP contribution in [0.1, 0.15) is 53.1 Å². The zero-order valence-corrected chi connectivity index (χ0v) is 22.9. The average Bonchev–Trinajstić information content (AvgIpc) is 3.19. The molecular formula is C31H35F3N2O2.